The molecule has 0 N–H and O–H groups in total. The molecule has 0 aromatic heterocycles. The Morgan fingerprint density at radius 1 is 1.07 bits per heavy atom. The van der Waals surface area contributed by atoms with Crippen LogP contribution in [0.3, 0.4) is 0 Å². The topological polar surface area (TPSA) is 0 Å². The lowest BCUT2D eigenvalue weighted by Gasteiger charge is -2.21. The van der Waals surface area contributed by atoms with Crippen molar-refractivity contribution >= 4 is 11.6 Å². The quantitative estimate of drug-likeness (QED) is 0.545. The van der Waals surface area contributed by atoms with Crippen molar-refractivity contribution < 1.29 is 4.48 Å². The minimum Gasteiger partial charge on any atom is -0.328 e. The van der Waals surface area contributed by atoms with Crippen molar-refractivity contribution in [1.82, 2.24) is 0 Å². The Morgan fingerprint density at radius 2 is 1.67 bits per heavy atom. The zero-order chi connectivity index (χ0) is 11.3. The van der Waals surface area contributed by atoms with Crippen LogP contribution in [0.15, 0.2) is 36.4 Å². The molecule has 0 saturated carbocycles. The van der Waals surface area contributed by atoms with Crippen LogP contribution in [0.5, 0.6) is 0 Å². The van der Waals surface area contributed by atoms with Gasteiger partial charge in [0.1, 0.15) is 0 Å². The van der Waals surface area contributed by atoms with E-state index in [-0.39, 0.29) is 0 Å². The minimum absolute atomic E-state index is 0.800. The fourth-order valence-electron chi connectivity index (χ4n) is 1.23. The van der Waals surface area contributed by atoms with Gasteiger partial charge in [0.2, 0.25) is 0 Å². The summed E-state index contributed by atoms with van der Waals surface area (Å²) in [7, 11) is 6.56. The van der Waals surface area contributed by atoms with Gasteiger partial charge >= 0.3 is 0 Å². The van der Waals surface area contributed by atoms with Crippen LogP contribution in [0.4, 0.5) is 0 Å². The van der Waals surface area contributed by atoms with E-state index in [0.717, 1.165) is 22.5 Å². The zero-order valence-electron chi connectivity index (χ0n) is 9.70. The van der Waals surface area contributed by atoms with Gasteiger partial charge in [-0.15, -0.1) is 0 Å². The van der Waals surface area contributed by atoms with Crippen molar-refractivity contribution in [3.05, 3.63) is 47.0 Å². The molecule has 0 saturated heterocycles. The van der Waals surface area contributed by atoms with Gasteiger partial charge in [-0.05, 0) is 30.2 Å². The molecule has 0 unspecified atom stereocenters. The van der Waals surface area contributed by atoms with E-state index in [2.05, 4.69) is 45.4 Å². The van der Waals surface area contributed by atoms with Crippen molar-refractivity contribution in [3.63, 3.8) is 0 Å². The highest BCUT2D eigenvalue weighted by molar-refractivity contribution is 6.30. The van der Waals surface area contributed by atoms with Gasteiger partial charge in [-0.1, -0.05) is 29.8 Å². The monoisotopic (exact) mass is 224 g/mol. The predicted octanol–water partition coefficient (Wildman–Crippen LogP) is 3.14. The second-order valence-electron chi connectivity index (χ2n) is 4.77. The van der Waals surface area contributed by atoms with Gasteiger partial charge in [-0.25, -0.2) is 0 Å². The molecule has 0 bridgehead atoms. The Bertz CT molecular complexity index is 319. The first kappa shape index (κ1) is 12.3. The van der Waals surface area contributed by atoms with Crippen LogP contribution in [-0.2, 0) is 6.42 Å². The van der Waals surface area contributed by atoms with E-state index in [4.69, 9.17) is 11.6 Å². The Balaban J connectivity index is 2.40. The van der Waals surface area contributed by atoms with Crippen LogP contribution in [-0.4, -0.2) is 32.2 Å². The Labute approximate surface area is 97.6 Å². The Hall–Kier alpha value is -0.790. The molecule has 0 spiro atoms. The van der Waals surface area contributed by atoms with E-state index in [9.17, 15) is 0 Å². The van der Waals surface area contributed by atoms with Crippen LogP contribution in [0.1, 0.15) is 5.56 Å². The summed E-state index contributed by atoms with van der Waals surface area (Å²) in [6.45, 7) is 1.06. The molecule has 0 aliphatic rings. The van der Waals surface area contributed by atoms with Gasteiger partial charge in [-0.2, -0.15) is 0 Å². The van der Waals surface area contributed by atoms with Crippen molar-refractivity contribution in [2.45, 2.75) is 6.42 Å². The van der Waals surface area contributed by atoms with E-state index in [1.165, 1.54) is 5.56 Å². The van der Waals surface area contributed by atoms with Gasteiger partial charge in [-0.3, -0.25) is 0 Å². The maximum absolute atomic E-state index is 5.81. The fraction of sp³-hybridized carbons (Fsp3) is 0.385. The summed E-state index contributed by atoms with van der Waals surface area (Å²) in [6.07, 6.45) is 5.43. The summed E-state index contributed by atoms with van der Waals surface area (Å²) >= 11 is 5.81. The summed E-state index contributed by atoms with van der Waals surface area (Å²) in [6, 6.07) is 8.01. The molecule has 0 atom stereocenters. The maximum Gasteiger partial charge on any atom is 0.0967 e. The summed E-state index contributed by atoms with van der Waals surface area (Å²) < 4.78 is 0.969. The normalized spacial score (nSPS) is 12.3. The van der Waals surface area contributed by atoms with Crippen molar-refractivity contribution in [1.29, 1.82) is 0 Å². The number of likely N-dealkylation sites (N-methyl/N-ethyl adjacent to an activating group) is 1. The van der Waals surface area contributed by atoms with Crippen LogP contribution < -0.4 is 0 Å². The number of rotatable bonds is 4. The third-order valence-electron chi connectivity index (χ3n) is 2.09. The van der Waals surface area contributed by atoms with E-state index in [1.807, 2.05) is 12.1 Å². The molecule has 0 fully saturated rings. The summed E-state index contributed by atoms with van der Waals surface area (Å²) in [4.78, 5) is 0. The third kappa shape index (κ3) is 5.60. The molecule has 0 aliphatic heterocycles. The molecule has 15 heavy (non-hydrogen) atoms. The molecular weight excluding hydrogens is 206 g/mol. The lowest BCUT2D eigenvalue weighted by Crippen LogP contribution is -2.34. The summed E-state index contributed by atoms with van der Waals surface area (Å²) in [5.74, 6) is 0. The highest BCUT2D eigenvalue weighted by atomic mass is 35.5. The summed E-state index contributed by atoms with van der Waals surface area (Å²) in [5.41, 5.74) is 1.30. The zero-order valence-corrected chi connectivity index (χ0v) is 10.5. The number of halogens is 1. The van der Waals surface area contributed by atoms with Gasteiger partial charge in [0.25, 0.3) is 0 Å². The highest BCUT2D eigenvalue weighted by Gasteiger charge is 2.01. The van der Waals surface area contributed by atoms with E-state index in [1.54, 1.807) is 0 Å². The third-order valence-corrected chi connectivity index (χ3v) is 2.34. The fourth-order valence-corrected chi connectivity index (χ4v) is 1.36. The lowest BCUT2D eigenvalue weighted by molar-refractivity contribution is -0.864. The molecule has 1 nitrogen and oxygen atoms in total. The average Bonchev–Trinajstić information content (AvgIpc) is 2.14. The van der Waals surface area contributed by atoms with Gasteiger partial charge < -0.3 is 4.48 Å². The molecule has 1 rings (SSSR count). The second-order valence-corrected chi connectivity index (χ2v) is 5.21. The molecular formula is C13H19ClN+. The number of quaternary nitrogens is 1. The lowest BCUT2D eigenvalue weighted by atomic mass is 10.1. The summed E-state index contributed by atoms with van der Waals surface area (Å²) in [5, 5.41) is 0.800. The first-order valence-corrected chi connectivity index (χ1v) is 5.55. The molecule has 0 radical (unpaired) electrons. The van der Waals surface area contributed by atoms with Crippen molar-refractivity contribution in [2.75, 3.05) is 27.7 Å². The average molecular weight is 225 g/mol. The van der Waals surface area contributed by atoms with Crippen molar-refractivity contribution in [2.24, 2.45) is 0 Å². The van der Waals surface area contributed by atoms with E-state index < -0.39 is 0 Å². The second kappa shape index (κ2) is 5.34. The van der Waals surface area contributed by atoms with E-state index >= 15 is 0 Å². The molecule has 0 aliphatic carbocycles. The predicted molar refractivity (Wildman–Crippen MR) is 67.2 cm³/mol. The first-order chi connectivity index (χ1) is 6.97. The highest BCUT2D eigenvalue weighted by Crippen LogP contribution is 2.10. The van der Waals surface area contributed by atoms with Crippen LogP contribution >= 0.6 is 11.6 Å². The molecule has 0 heterocycles. The number of nitrogens with zero attached hydrogens (tertiary/aromatic N) is 1. The largest absolute Gasteiger partial charge is 0.328 e. The van der Waals surface area contributed by atoms with Gasteiger partial charge in [0.15, 0.2) is 0 Å². The van der Waals surface area contributed by atoms with Crippen LogP contribution in [0, 0.1) is 0 Å². The number of hydrogen-bond donors (Lipinski definition) is 0. The minimum atomic E-state index is 0.800. The Morgan fingerprint density at radius 3 is 2.20 bits per heavy atom. The molecule has 0 amide bonds. The number of benzene rings is 1. The number of hydrogen-bond acceptors (Lipinski definition) is 0. The van der Waals surface area contributed by atoms with Crippen LogP contribution in [0.2, 0.25) is 5.02 Å². The maximum atomic E-state index is 5.81. The molecule has 1 aromatic carbocycles. The molecule has 1 aromatic rings. The van der Waals surface area contributed by atoms with Crippen LogP contribution in [0.25, 0.3) is 0 Å². The number of allylic oxidation sites excluding steroid dienone is 1. The van der Waals surface area contributed by atoms with Gasteiger partial charge in [0.05, 0.1) is 27.7 Å². The molecule has 82 valence electrons. The van der Waals surface area contributed by atoms with E-state index in [0.29, 0.717) is 0 Å². The smallest absolute Gasteiger partial charge is 0.0967 e. The van der Waals surface area contributed by atoms with Crippen molar-refractivity contribution in [3.8, 4) is 0 Å². The van der Waals surface area contributed by atoms with Gasteiger partial charge in [0, 0.05) is 5.02 Å². The first-order valence-electron chi connectivity index (χ1n) is 5.17. The standard InChI is InChI=1S/C13H19ClN/c1-15(2,3)11-5-4-6-12-7-9-13(14)10-8-12/h4-5,7-10H,6,11H2,1-3H3/q+1/b5-4-. The SMILES string of the molecule is C[N+](C)(C)C/C=C\Cc1ccc(Cl)cc1. The molecule has 2 heteroatoms. The Kier molecular flexibility index (Phi) is 4.37.